The summed E-state index contributed by atoms with van der Waals surface area (Å²) >= 11 is 3.22. The van der Waals surface area contributed by atoms with Crippen molar-refractivity contribution >= 4 is 27.3 Å². The lowest BCUT2D eigenvalue weighted by molar-refractivity contribution is 0.362. The molecule has 1 aliphatic carbocycles. The molecule has 0 amide bonds. The molecule has 1 aromatic carbocycles. The maximum absolute atomic E-state index is 13.3. The molecule has 1 saturated carbocycles. The minimum absolute atomic E-state index is 0.303. The number of hydrogen-bond donors (Lipinski definition) is 1. The molecule has 0 saturated heterocycles. The van der Waals surface area contributed by atoms with E-state index in [-0.39, 0.29) is 5.82 Å². The summed E-state index contributed by atoms with van der Waals surface area (Å²) in [5, 5.41) is 0. The van der Waals surface area contributed by atoms with E-state index in [1.165, 1.54) is 38.2 Å². The highest BCUT2D eigenvalue weighted by molar-refractivity contribution is 9.10. The molecule has 4 heteroatoms. The molecule has 1 fully saturated rings. The number of nitrogen functional groups attached to an aromatic ring is 1. The van der Waals surface area contributed by atoms with Crippen molar-refractivity contribution in [2.45, 2.75) is 32.1 Å². The maximum atomic E-state index is 13.3. The third kappa shape index (κ3) is 3.16. The van der Waals surface area contributed by atoms with E-state index >= 15 is 0 Å². The van der Waals surface area contributed by atoms with Crippen LogP contribution in [0.25, 0.3) is 0 Å². The molecule has 0 radical (unpaired) electrons. The maximum Gasteiger partial charge on any atom is 0.139 e. The molecule has 0 spiro atoms. The average Bonchev–Trinajstić information content (AvgIpc) is 2.35. The van der Waals surface area contributed by atoms with E-state index in [4.69, 9.17) is 5.73 Å². The molecule has 100 valence electrons. The highest BCUT2D eigenvalue weighted by Crippen LogP contribution is 2.31. The quantitative estimate of drug-likeness (QED) is 0.848. The Morgan fingerprint density at radius 3 is 2.67 bits per heavy atom. The van der Waals surface area contributed by atoms with Gasteiger partial charge in [-0.15, -0.1) is 0 Å². The van der Waals surface area contributed by atoms with Crippen LogP contribution in [0.5, 0.6) is 0 Å². The van der Waals surface area contributed by atoms with Crippen molar-refractivity contribution in [1.29, 1.82) is 0 Å². The molecule has 1 aromatic rings. The molecule has 0 unspecified atom stereocenters. The summed E-state index contributed by atoms with van der Waals surface area (Å²) < 4.78 is 13.8. The number of nitrogens with two attached hydrogens (primary N) is 1. The fourth-order valence-corrected chi connectivity index (χ4v) is 3.07. The van der Waals surface area contributed by atoms with Crippen molar-refractivity contribution in [2.75, 3.05) is 24.2 Å². The smallest absolute Gasteiger partial charge is 0.139 e. The van der Waals surface area contributed by atoms with Crippen LogP contribution in [0.4, 0.5) is 15.8 Å². The molecule has 0 aliphatic heterocycles. The largest absolute Gasteiger partial charge is 0.397 e. The number of halogens is 2. The highest BCUT2D eigenvalue weighted by Gasteiger charge is 2.17. The second kappa shape index (κ2) is 5.91. The minimum atomic E-state index is -0.303. The monoisotopic (exact) mass is 314 g/mol. The number of rotatable bonds is 3. The fraction of sp³-hybridized carbons (Fsp3) is 0.571. The second-order valence-corrected chi connectivity index (χ2v) is 6.06. The van der Waals surface area contributed by atoms with Gasteiger partial charge in [0.15, 0.2) is 0 Å². The van der Waals surface area contributed by atoms with Crippen LogP contribution in [-0.4, -0.2) is 13.6 Å². The van der Waals surface area contributed by atoms with Crippen molar-refractivity contribution in [3.63, 3.8) is 0 Å². The van der Waals surface area contributed by atoms with Crippen molar-refractivity contribution in [3.8, 4) is 0 Å². The zero-order valence-corrected chi connectivity index (χ0v) is 12.3. The first kappa shape index (κ1) is 13.7. The second-order valence-electron chi connectivity index (χ2n) is 5.21. The van der Waals surface area contributed by atoms with Crippen LogP contribution in [0.3, 0.4) is 0 Å². The standard InChI is InChI=1S/C14H20BrFN2/c1-18(9-10-5-3-2-4-6-10)14-7-11(15)12(16)8-13(14)17/h7-8,10H,2-6,9,17H2,1H3. The first-order valence-corrected chi connectivity index (χ1v) is 7.33. The van der Waals surface area contributed by atoms with Crippen LogP contribution >= 0.6 is 15.9 Å². The Balaban J connectivity index is 2.08. The van der Waals surface area contributed by atoms with Gasteiger partial charge in [-0.3, -0.25) is 0 Å². The summed E-state index contributed by atoms with van der Waals surface area (Å²) in [4.78, 5) is 2.15. The van der Waals surface area contributed by atoms with E-state index in [0.717, 1.165) is 18.2 Å². The molecule has 0 aromatic heterocycles. The lowest BCUT2D eigenvalue weighted by Gasteiger charge is -2.29. The summed E-state index contributed by atoms with van der Waals surface area (Å²) in [5.41, 5.74) is 7.31. The summed E-state index contributed by atoms with van der Waals surface area (Å²) in [7, 11) is 2.03. The van der Waals surface area contributed by atoms with Crippen molar-refractivity contribution in [2.24, 2.45) is 5.92 Å². The van der Waals surface area contributed by atoms with Gasteiger partial charge >= 0.3 is 0 Å². The van der Waals surface area contributed by atoms with E-state index in [1.54, 1.807) is 6.07 Å². The van der Waals surface area contributed by atoms with E-state index in [9.17, 15) is 4.39 Å². The SMILES string of the molecule is CN(CC1CCCCC1)c1cc(Br)c(F)cc1N. The van der Waals surface area contributed by atoms with Gasteiger partial charge in [-0.25, -0.2) is 4.39 Å². The topological polar surface area (TPSA) is 29.3 Å². The summed E-state index contributed by atoms with van der Waals surface area (Å²) in [6.45, 7) is 1.00. The highest BCUT2D eigenvalue weighted by atomic mass is 79.9. The Morgan fingerprint density at radius 1 is 1.33 bits per heavy atom. The number of hydrogen-bond acceptors (Lipinski definition) is 2. The normalized spacial score (nSPS) is 16.8. The number of benzene rings is 1. The molecular formula is C14H20BrFN2. The number of anilines is 2. The summed E-state index contributed by atoms with van der Waals surface area (Å²) in [5.74, 6) is 0.439. The van der Waals surface area contributed by atoms with Gasteiger partial charge < -0.3 is 10.6 Å². The molecule has 2 nitrogen and oxygen atoms in total. The van der Waals surface area contributed by atoms with Crippen LogP contribution < -0.4 is 10.6 Å². The Morgan fingerprint density at radius 2 is 2.00 bits per heavy atom. The van der Waals surface area contributed by atoms with E-state index in [1.807, 2.05) is 7.05 Å². The minimum Gasteiger partial charge on any atom is -0.397 e. The molecule has 0 atom stereocenters. The fourth-order valence-electron chi connectivity index (χ4n) is 2.74. The zero-order valence-electron chi connectivity index (χ0n) is 10.8. The number of nitrogens with zero attached hydrogens (tertiary/aromatic N) is 1. The van der Waals surface area contributed by atoms with Gasteiger partial charge in [-0.1, -0.05) is 19.3 Å². The molecule has 2 rings (SSSR count). The average molecular weight is 315 g/mol. The molecule has 0 heterocycles. The van der Waals surface area contributed by atoms with Gasteiger partial charge in [-0.05, 0) is 40.8 Å². The Kier molecular flexibility index (Phi) is 4.49. The van der Waals surface area contributed by atoms with Crippen LogP contribution in [0, 0.1) is 11.7 Å². The first-order valence-electron chi connectivity index (χ1n) is 6.53. The summed E-state index contributed by atoms with van der Waals surface area (Å²) in [6.07, 6.45) is 6.63. The summed E-state index contributed by atoms with van der Waals surface area (Å²) in [6, 6.07) is 3.16. The van der Waals surface area contributed by atoms with Gasteiger partial charge in [0.25, 0.3) is 0 Å². The van der Waals surface area contributed by atoms with Crippen LogP contribution in [0.1, 0.15) is 32.1 Å². The lowest BCUT2D eigenvalue weighted by atomic mass is 9.89. The Labute approximate surface area is 116 Å². The van der Waals surface area contributed by atoms with E-state index in [2.05, 4.69) is 20.8 Å². The van der Waals surface area contributed by atoms with Crippen LogP contribution in [-0.2, 0) is 0 Å². The van der Waals surface area contributed by atoms with Gasteiger partial charge in [-0.2, -0.15) is 0 Å². The third-order valence-electron chi connectivity index (χ3n) is 3.74. The van der Waals surface area contributed by atoms with Crippen molar-refractivity contribution in [1.82, 2.24) is 0 Å². The van der Waals surface area contributed by atoms with E-state index in [0.29, 0.717) is 10.2 Å². The van der Waals surface area contributed by atoms with Gasteiger partial charge in [0.1, 0.15) is 5.82 Å². The molecule has 1 aliphatic rings. The third-order valence-corrected chi connectivity index (χ3v) is 4.35. The molecule has 18 heavy (non-hydrogen) atoms. The zero-order chi connectivity index (χ0) is 13.1. The van der Waals surface area contributed by atoms with Gasteiger partial charge in [0.2, 0.25) is 0 Å². The van der Waals surface area contributed by atoms with Crippen LogP contribution in [0.2, 0.25) is 0 Å². The predicted molar refractivity (Wildman–Crippen MR) is 78.4 cm³/mol. The predicted octanol–water partition coefficient (Wildman–Crippen LogP) is 4.19. The first-order chi connectivity index (χ1) is 8.58. The Bertz CT molecular complexity index is 417. The molecule has 2 N–H and O–H groups in total. The molecule has 0 bridgehead atoms. The van der Waals surface area contributed by atoms with Crippen LogP contribution in [0.15, 0.2) is 16.6 Å². The van der Waals surface area contributed by atoms with Crippen molar-refractivity contribution in [3.05, 3.63) is 22.4 Å². The molecular weight excluding hydrogens is 295 g/mol. The van der Waals surface area contributed by atoms with Crippen molar-refractivity contribution < 1.29 is 4.39 Å². The lowest BCUT2D eigenvalue weighted by Crippen LogP contribution is -2.27. The Hall–Kier alpha value is -0.770. The van der Waals surface area contributed by atoms with Gasteiger partial charge in [0, 0.05) is 19.7 Å². The van der Waals surface area contributed by atoms with Gasteiger partial charge in [0.05, 0.1) is 15.8 Å². The van der Waals surface area contributed by atoms with E-state index < -0.39 is 0 Å².